The molecule has 0 saturated carbocycles. The van der Waals surface area contributed by atoms with Crippen molar-refractivity contribution in [3.63, 3.8) is 0 Å². The van der Waals surface area contributed by atoms with E-state index in [-0.39, 0.29) is 24.5 Å². The van der Waals surface area contributed by atoms with Crippen molar-refractivity contribution >= 4 is 46.1 Å². The van der Waals surface area contributed by atoms with Crippen LogP contribution in [0.3, 0.4) is 0 Å². The van der Waals surface area contributed by atoms with Gasteiger partial charge in [-0.15, -0.1) is 0 Å². The van der Waals surface area contributed by atoms with Gasteiger partial charge in [-0.25, -0.2) is 0 Å². The molecule has 10 heteroatoms. The quantitative estimate of drug-likeness (QED) is 0.154. The molecule has 3 fully saturated rings. The van der Waals surface area contributed by atoms with Crippen LogP contribution in [0.1, 0.15) is 76.4 Å². The number of amides is 4. The highest BCUT2D eigenvalue weighted by Crippen LogP contribution is 2.35. The molecule has 4 amide bonds. The van der Waals surface area contributed by atoms with E-state index in [9.17, 15) is 24.3 Å². The minimum atomic E-state index is -0.958. The van der Waals surface area contributed by atoms with Gasteiger partial charge < -0.3 is 14.9 Å². The van der Waals surface area contributed by atoms with Crippen LogP contribution in [0.2, 0.25) is 0 Å². The maximum Gasteiger partial charge on any atom is 0.262 e. The zero-order chi connectivity index (χ0) is 38.1. The first-order valence-electron chi connectivity index (χ1n) is 19.5. The van der Waals surface area contributed by atoms with Gasteiger partial charge in [-0.3, -0.25) is 34.3 Å². The SMILES string of the molecule is C/C(=C(\c1ccc(O)cc1)c1ccc(N2CCC(CCN3CCN(c4ccc5c(c4)C(=O)N(C4CCC(=O)NC4=O)C5=O)CC3)CC2)cc1)c1ccccc1. The van der Waals surface area contributed by atoms with Crippen molar-refractivity contribution in [2.45, 2.75) is 45.1 Å². The van der Waals surface area contributed by atoms with Gasteiger partial charge in [-0.05, 0) is 115 Å². The zero-order valence-corrected chi connectivity index (χ0v) is 31.2. The predicted molar refractivity (Wildman–Crippen MR) is 214 cm³/mol. The van der Waals surface area contributed by atoms with E-state index in [1.54, 1.807) is 24.3 Å². The van der Waals surface area contributed by atoms with E-state index in [2.05, 4.69) is 75.5 Å². The molecule has 4 aliphatic rings. The minimum absolute atomic E-state index is 0.103. The lowest BCUT2D eigenvalue weighted by atomic mass is 9.90. The molecule has 0 radical (unpaired) electrons. The molecule has 4 aromatic rings. The number of imide groups is 2. The molecule has 1 atom stereocenters. The van der Waals surface area contributed by atoms with Crippen LogP contribution in [-0.2, 0) is 9.59 Å². The molecule has 0 aromatic heterocycles. The van der Waals surface area contributed by atoms with Gasteiger partial charge in [0.15, 0.2) is 0 Å². The molecular weight excluding hydrogens is 691 g/mol. The van der Waals surface area contributed by atoms with Crippen LogP contribution in [0.15, 0.2) is 97.1 Å². The first-order chi connectivity index (χ1) is 26.7. The number of hydrogen-bond donors (Lipinski definition) is 2. The first-order valence-corrected chi connectivity index (χ1v) is 19.5. The van der Waals surface area contributed by atoms with Crippen LogP contribution in [0.5, 0.6) is 5.75 Å². The largest absolute Gasteiger partial charge is 0.508 e. The molecule has 0 bridgehead atoms. The number of phenols is 1. The molecule has 4 heterocycles. The molecule has 2 N–H and O–H groups in total. The summed E-state index contributed by atoms with van der Waals surface area (Å²) in [5.74, 6) is -0.966. The number of aromatic hydroxyl groups is 1. The topological polar surface area (TPSA) is 114 Å². The third-order valence-corrected chi connectivity index (χ3v) is 11.9. The predicted octanol–water partition coefficient (Wildman–Crippen LogP) is 6.20. The summed E-state index contributed by atoms with van der Waals surface area (Å²) in [6, 6.07) is 31.3. The van der Waals surface area contributed by atoms with E-state index in [0.717, 1.165) is 73.1 Å². The molecule has 282 valence electrons. The number of carbonyl (C=O) groups excluding carboxylic acids is 4. The molecular formula is C45H47N5O5. The summed E-state index contributed by atoms with van der Waals surface area (Å²) in [5.41, 5.74) is 8.56. The number of hydrogen-bond acceptors (Lipinski definition) is 8. The van der Waals surface area contributed by atoms with Gasteiger partial charge in [0, 0.05) is 57.1 Å². The molecule has 3 saturated heterocycles. The Morgan fingerprint density at radius 1 is 0.673 bits per heavy atom. The number of piperidine rings is 2. The molecule has 4 aliphatic heterocycles. The summed E-state index contributed by atoms with van der Waals surface area (Å²) in [4.78, 5) is 58.8. The van der Waals surface area contributed by atoms with E-state index in [1.807, 2.05) is 24.3 Å². The number of phenolic OH excluding ortho intramolecular Hbond substituents is 1. The van der Waals surface area contributed by atoms with E-state index in [0.29, 0.717) is 17.0 Å². The fraction of sp³-hybridized carbons (Fsp3) is 0.333. The van der Waals surface area contributed by atoms with Crippen molar-refractivity contribution in [2.24, 2.45) is 5.92 Å². The number of rotatable bonds is 9. The number of nitrogens with one attached hydrogen (secondary N) is 1. The van der Waals surface area contributed by atoms with Crippen LogP contribution in [0.25, 0.3) is 11.1 Å². The Morgan fingerprint density at radius 3 is 1.96 bits per heavy atom. The number of carbonyl (C=O) groups is 4. The average molecular weight is 738 g/mol. The van der Waals surface area contributed by atoms with Gasteiger partial charge in [0.1, 0.15) is 11.8 Å². The van der Waals surface area contributed by atoms with E-state index >= 15 is 0 Å². The van der Waals surface area contributed by atoms with E-state index in [4.69, 9.17) is 0 Å². The second-order valence-corrected chi connectivity index (χ2v) is 15.2. The van der Waals surface area contributed by atoms with Crippen LogP contribution in [0.4, 0.5) is 11.4 Å². The third-order valence-electron chi connectivity index (χ3n) is 11.9. The highest BCUT2D eigenvalue weighted by Gasteiger charge is 2.44. The van der Waals surface area contributed by atoms with Crippen LogP contribution < -0.4 is 15.1 Å². The second kappa shape index (κ2) is 15.5. The molecule has 8 rings (SSSR count). The number of fused-ring (bicyclic) bond motifs is 1. The van der Waals surface area contributed by atoms with Gasteiger partial charge >= 0.3 is 0 Å². The van der Waals surface area contributed by atoms with Gasteiger partial charge in [0.25, 0.3) is 11.8 Å². The summed E-state index contributed by atoms with van der Waals surface area (Å²) < 4.78 is 0. The van der Waals surface area contributed by atoms with Gasteiger partial charge in [-0.2, -0.15) is 0 Å². The first kappa shape index (κ1) is 36.2. The van der Waals surface area contributed by atoms with Crippen molar-refractivity contribution in [1.82, 2.24) is 15.1 Å². The van der Waals surface area contributed by atoms with Crippen LogP contribution >= 0.6 is 0 Å². The highest BCUT2D eigenvalue weighted by molar-refractivity contribution is 6.23. The van der Waals surface area contributed by atoms with Gasteiger partial charge in [0.2, 0.25) is 11.8 Å². The summed E-state index contributed by atoms with van der Waals surface area (Å²) in [6.07, 6.45) is 3.77. The minimum Gasteiger partial charge on any atom is -0.508 e. The molecule has 1 unspecified atom stereocenters. The number of benzene rings is 4. The van der Waals surface area contributed by atoms with Crippen LogP contribution in [-0.4, -0.2) is 90.4 Å². The summed E-state index contributed by atoms with van der Waals surface area (Å²) in [6.45, 7) is 8.85. The highest BCUT2D eigenvalue weighted by atomic mass is 16.3. The van der Waals surface area contributed by atoms with E-state index < -0.39 is 23.8 Å². The second-order valence-electron chi connectivity index (χ2n) is 15.2. The van der Waals surface area contributed by atoms with Crippen molar-refractivity contribution in [1.29, 1.82) is 0 Å². The molecule has 10 nitrogen and oxygen atoms in total. The Morgan fingerprint density at radius 2 is 1.29 bits per heavy atom. The standard InChI is InChI=1S/C45H47N5O5/c1-30(32-5-3-2-4-6-32)42(34-9-14-37(51)15-10-34)33-7-11-35(12-8-33)48-23-20-31(21-24-48)19-22-47-25-27-49(28-26-47)36-13-16-38-39(29-36)45(55)50(44(38)54)40-17-18-41(52)46-43(40)53/h2-16,29,31,40,51H,17-28H2,1H3,(H,46,52,53)/b42-30+. The van der Waals surface area contributed by atoms with Gasteiger partial charge in [-0.1, -0.05) is 54.6 Å². The third kappa shape index (κ3) is 7.51. The summed E-state index contributed by atoms with van der Waals surface area (Å²) >= 11 is 0. The smallest absolute Gasteiger partial charge is 0.262 e. The number of allylic oxidation sites excluding steroid dienone is 1. The lowest BCUT2D eigenvalue weighted by Crippen LogP contribution is -2.54. The summed E-state index contributed by atoms with van der Waals surface area (Å²) in [7, 11) is 0. The molecule has 0 spiro atoms. The van der Waals surface area contributed by atoms with Gasteiger partial charge in [0.05, 0.1) is 11.1 Å². The molecule has 4 aromatic carbocycles. The van der Waals surface area contributed by atoms with Crippen molar-refractivity contribution in [3.8, 4) is 5.75 Å². The maximum atomic E-state index is 13.3. The molecule has 0 aliphatic carbocycles. The normalized spacial score (nSPS) is 20.1. The molecule has 55 heavy (non-hydrogen) atoms. The zero-order valence-electron chi connectivity index (χ0n) is 31.2. The van der Waals surface area contributed by atoms with E-state index in [1.165, 1.54) is 36.1 Å². The Bertz CT molecular complexity index is 2120. The Labute approximate surface area is 322 Å². The fourth-order valence-electron chi connectivity index (χ4n) is 8.63. The monoisotopic (exact) mass is 737 g/mol. The number of piperazine rings is 1. The lowest BCUT2D eigenvalue weighted by Gasteiger charge is -2.38. The van der Waals surface area contributed by atoms with Crippen molar-refractivity contribution in [2.75, 3.05) is 55.6 Å². The number of nitrogens with zero attached hydrogens (tertiary/aromatic N) is 4. The Kier molecular flexibility index (Phi) is 10.2. The Hall–Kier alpha value is -5.74. The lowest BCUT2D eigenvalue weighted by molar-refractivity contribution is -0.136. The van der Waals surface area contributed by atoms with Crippen LogP contribution in [0, 0.1) is 5.92 Å². The number of anilines is 2. The summed E-state index contributed by atoms with van der Waals surface area (Å²) in [5, 5.41) is 12.2. The van der Waals surface area contributed by atoms with Crippen molar-refractivity contribution in [3.05, 3.63) is 125 Å². The maximum absolute atomic E-state index is 13.3. The fourth-order valence-corrected chi connectivity index (χ4v) is 8.63. The van der Waals surface area contributed by atoms with Crippen molar-refractivity contribution < 1.29 is 24.3 Å². The Balaban J connectivity index is 0.825. The average Bonchev–Trinajstić information content (AvgIpc) is 3.46.